The van der Waals surface area contributed by atoms with Gasteiger partial charge in [-0.1, -0.05) is 48.0 Å². The zero-order valence-electron chi connectivity index (χ0n) is 15.6. The van der Waals surface area contributed by atoms with Crippen LogP contribution in [0.2, 0.25) is 5.02 Å². The van der Waals surface area contributed by atoms with Crippen molar-refractivity contribution in [2.45, 2.75) is 6.92 Å². The summed E-state index contributed by atoms with van der Waals surface area (Å²) < 4.78 is 5.08. The van der Waals surface area contributed by atoms with Crippen LogP contribution in [0.15, 0.2) is 60.8 Å². The summed E-state index contributed by atoms with van der Waals surface area (Å²) in [5.74, 6) is -0.605. The second kappa shape index (κ2) is 7.85. The van der Waals surface area contributed by atoms with Gasteiger partial charge in [0.25, 0.3) is 0 Å². The number of carbonyl (C=O) groups is 1. The lowest BCUT2D eigenvalue weighted by Gasteiger charge is -2.13. The summed E-state index contributed by atoms with van der Waals surface area (Å²) in [4.78, 5) is 25.7. The van der Waals surface area contributed by atoms with Gasteiger partial charge in [-0.25, -0.2) is 14.8 Å². The highest BCUT2D eigenvalue weighted by Gasteiger charge is 2.21. The molecule has 2 N–H and O–H groups in total. The van der Waals surface area contributed by atoms with Crippen molar-refractivity contribution in [3.63, 3.8) is 0 Å². The van der Waals surface area contributed by atoms with Crippen molar-refractivity contribution >= 4 is 34.3 Å². The molecule has 2 aromatic carbocycles. The van der Waals surface area contributed by atoms with Gasteiger partial charge in [-0.15, -0.1) is 0 Å². The van der Waals surface area contributed by atoms with Crippen LogP contribution in [-0.2, 0) is 4.74 Å². The third-order valence-corrected chi connectivity index (χ3v) is 4.66. The standard InChI is InChI=1S/C22H17ClN4O2/c1-2-29-22(28)20-21(24)27-18(13-7-4-3-5-8-13)19(26-20)15-11-14-9-6-10-25-17(14)16(23)12-15/h3-12H,2H2,1H3,(H2,24,27). The maximum atomic E-state index is 12.3. The number of nitrogens with zero attached hydrogens (tertiary/aromatic N) is 3. The van der Waals surface area contributed by atoms with Gasteiger partial charge in [0.05, 0.1) is 28.5 Å². The highest BCUT2D eigenvalue weighted by Crippen LogP contribution is 2.34. The number of nitrogens with two attached hydrogens (primary N) is 1. The fraction of sp³-hybridized carbons (Fsp3) is 0.0909. The Bertz CT molecular complexity index is 1210. The monoisotopic (exact) mass is 404 g/mol. The van der Waals surface area contributed by atoms with Gasteiger partial charge in [0.1, 0.15) is 0 Å². The van der Waals surface area contributed by atoms with Crippen LogP contribution in [-0.4, -0.2) is 27.5 Å². The van der Waals surface area contributed by atoms with Crippen molar-refractivity contribution in [1.82, 2.24) is 15.0 Å². The van der Waals surface area contributed by atoms with Crippen molar-refractivity contribution in [2.75, 3.05) is 12.3 Å². The Morgan fingerprint density at radius 2 is 1.79 bits per heavy atom. The van der Waals surface area contributed by atoms with Crippen LogP contribution in [0, 0.1) is 0 Å². The second-order valence-corrected chi connectivity index (χ2v) is 6.68. The molecule has 0 saturated carbocycles. The fourth-order valence-corrected chi connectivity index (χ4v) is 3.36. The van der Waals surface area contributed by atoms with Gasteiger partial charge in [-0.3, -0.25) is 4.98 Å². The van der Waals surface area contributed by atoms with E-state index in [9.17, 15) is 4.79 Å². The van der Waals surface area contributed by atoms with Gasteiger partial charge in [0.2, 0.25) is 0 Å². The predicted octanol–water partition coefficient (Wildman–Crippen LogP) is 4.77. The lowest BCUT2D eigenvalue weighted by atomic mass is 10.0. The van der Waals surface area contributed by atoms with Crippen LogP contribution < -0.4 is 5.73 Å². The Labute approximate surface area is 172 Å². The first-order valence-electron chi connectivity index (χ1n) is 9.03. The molecule has 144 valence electrons. The van der Waals surface area contributed by atoms with Crippen molar-refractivity contribution in [3.05, 3.63) is 71.5 Å². The summed E-state index contributed by atoms with van der Waals surface area (Å²) in [5.41, 5.74) is 9.27. The Morgan fingerprint density at radius 3 is 2.55 bits per heavy atom. The molecule has 0 aliphatic heterocycles. The number of rotatable bonds is 4. The molecular formula is C22H17ClN4O2. The van der Waals surface area contributed by atoms with E-state index in [4.69, 9.17) is 22.1 Å². The molecule has 2 aromatic heterocycles. The molecule has 2 heterocycles. The molecule has 7 heteroatoms. The van der Waals surface area contributed by atoms with E-state index in [1.165, 1.54) is 0 Å². The number of esters is 1. The summed E-state index contributed by atoms with van der Waals surface area (Å²) in [6, 6.07) is 16.9. The Balaban J connectivity index is 1.99. The molecule has 0 spiro atoms. The number of anilines is 1. The molecule has 0 aliphatic carbocycles. The number of halogens is 1. The topological polar surface area (TPSA) is 91.0 Å². The van der Waals surface area contributed by atoms with Gasteiger partial charge in [-0.2, -0.15) is 0 Å². The van der Waals surface area contributed by atoms with Crippen molar-refractivity contribution in [2.24, 2.45) is 0 Å². The molecule has 0 fully saturated rings. The van der Waals surface area contributed by atoms with Crippen LogP contribution in [0.5, 0.6) is 0 Å². The fourth-order valence-electron chi connectivity index (χ4n) is 3.08. The first-order chi connectivity index (χ1) is 14.1. The molecule has 0 aliphatic rings. The molecule has 4 aromatic rings. The summed E-state index contributed by atoms with van der Waals surface area (Å²) in [7, 11) is 0. The summed E-state index contributed by atoms with van der Waals surface area (Å²) >= 11 is 6.47. The number of ether oxygens (including phenoxy) is 1. The van der Waals surface area contributed by atoms with Crippen molar-refractivity contribution in [3.8, 4) is 22.5 Å². The normalized spacial score (nSPS) is 10.8. The minimum Gasteiger partial charge on any atom is -0.461 e. The van der Waals surface area contributed by atoms with Gasteiger partial charge >= 0.3 is 5.97 Å². The molecule has 4 rings (SSSR count). The number of aromatic nitrogens is 3. The van der Waals surface area contributed by atoms with Gasteiger partial charge in [-0.05, 0) is 25.1 Å². The molecule has 6 nitrogen and oxygen atoms in total. The Morgan fingerprint density at radius 1 is 1.03 bits per heavy atom. The number of nitrogen functional groups attached to an aromatic ring is 1. The van der Waals surface area contributed by atoms with Crippen molar-refractivity contribution in [1.29, 1.82) is 0 Å². The van der Waals surface area contributed by atoms with E-state index >= 15 is 0 Å². The first kappa shape index (κ1) is 18.8. The number of fused-ring (bicyclic) bond motifs is 1. The number of hydrogen-bond donors (Lipinski definition) is 1. The lowest BCUT2D eigenvalue weighted by Crippen LogP contribution is -2.13. The third-order valence-electron chi connectivity index (χ3n) is 4.37. The lowest BCUT2D eigenvalue weighted by molar-refractivity contribution is 0.0520. The maximum absolute atomic E-state index is 12.3. The van der Waals surface area contributed by atoms with Crippen LogP contribution in [0.25, 0.3) is 33.4 Å². The van der Waals surface area contributed by atoms with Crippen LogP contribution in [0.1, 0.15) is 17.4 Å². The van der Waals surface area contributed by atoms with Crippen LogP contribution in [0.3, 0.4) is 0 Å². The first-order valence-corrected chi connectivity index (χ1v) is 9.41. The molecular weight excluding hydrogens is 388 g/mol. The van der Waals surface area contributed by atoms with Gasteiger partial charge in [0, 0.05) is 22.7 Å². The Kier molecular flexibility index (Phi) is 5.10. The Hall–Kier alpha value is -3.51. The summed E-state index contributed by atoms with van der Waals surface area (Å²) in [6.45, 7) is 1.93. The molecule has 0 bridgehead atoms. The SMILES string of the molecule is CCOC(=O)c1nc(-c2cc(Cl)c3ncccc3c2)c(-c2ccccc2)nc1N. The number of benzene rings is 2. The largest absolute Gasteiger partial charge is 0.461 e. The second-order valence-electron chi connectivity index (χ2n) is 6.27. The average molecular weight is 405 g/mol. The van der Waals surface area contributed by atoms with E-state index in [0.717, 1.165) is 10.9 Å². The summed E-state index contributed by atoms with van der Waals surface area (Å²) in [6.07, 6.45) is 1.69. The minimum absolute atomic E-state index is 0.0135. The summed E-state index contributed by atoms with van der Waals surface area (Å²) in [5, 5.41) is 1.33. The molecule has 0 amide bonds. The average Bonchev–Trinajstić information content (AvgIpc) is 2.74. The van der Waals surface area contributed by atoms with Crippen LogP contribution in [0.4, 0.5) is 5.82 Å². The van der Waals surface area contributed by atoms with E-state index in [-0.39, 0.29) is 18.1 Å². The van der Waals surface area contributed by atoms with Crippen LogP contribution >= 0.6 is 11.6 Å². The molecule has 29 heavy (non-hydrogen) atoms. The zero-order chi connectivity index (χ0) is 20.4. The van der Waals surface area contributed by atoms with E-state index < -0.39 is 5.97 Å². The van der Waals surface area contributed by atoms with E-state index in [1.54, 1.807) is 19.2 Å². The molecule has 0 unspecified atom stereocenters. The number of carbonyl (C=O) groups excluding carboxylic acids is 1. The minimum atomic E-state index is -0.619. The van der Waals surface area contributed by atoms with Gasteiger partial charge < -0.3 is 10.5 Å². The van der Waals surface area contributed by atoms with E-state index in [1.807, 2.05) is 48.5 Å². The van der Waals surface area contributed by atoms with Crippen molar-refractivity contribution < 1.29 is 9.53 Å². The number of hydrogen-bond acceptors (Lipinski definition) is 6. The smallest absolute Gasteiger partial charge is 0.360 e. The number of pyridine rings is 1. The zero-order valence-corrected chi connectivity index (χ0v) is 16.3. The molecule has 0 saturated heterocycles. The molecule has 0 atom stereocenters. The van der Waals surface area contributed by atoms with E-state index in [0.29, 0.717) is 27.5 Å². The highest BCUT2D eigenvalue weighted by molar-refractivity contribution is 6.35. The highest BCUT2D eigenvalue weighted by atomic mass is 35.5. The predicted molar refractivity (Wildman–Crippen MR) is 114 cm³/mol. The third kappa shape index (κ3) is 3.62. The maximum Gasteiger partial charge on any atom is 0.360 e. The van der Waals surface area contributed by atoms with E-state index in [2.05, 4.69) is 15.0 Å². The molecule has 0 radical (unpaired) electrons. The van der Waals surface area contributed by atoms with Gasteiger partial charge in [0.15, 0.2) is 11.5 Å². The quantitative estimate of drug-likeness (QED) is 0.492.